The quantitative estimate of drug-likeness (QED) is 0.296. The minimum atomic E-state index is -0.527. The molecule has 1 amide bonds. The van der Waals surface area contributed by atoms with E-state index in [1.54, 1.807) is 18.2 Å². The number of thiocarbonyl (C=S) groups is 1. The van der Waals surface area contributed by atoms with Crippen molar-refractivity contribution in [2.75, 3.05) is 11.9 Å². The van der Waals surface area contributed by atoms with Crippen molar-refractivity contribution in [2.45, 2.75) is 0 Å². The van der Waals surface area contributed by atoms with Gasteiger partial charge in [0, 0.05) is 17.8 Å². The van der Waals surface area contributed by atoms with Gasteiger partial charge in [-0.25, -0.2) is 4.79 Å². The van der Waals surface area contributed by atoms with Gasteiger partial charge < -0.3 is 20.0 Å². The largest absolute Gasteiger partial charge is 0.484 e. The Morgan fingerprint density at radius 2 is 1.85 bits per heavy atom. The molecule has 0 spiro atoms. The van der Waals surface area contributed by atoms with E-state index in [-0.39, 0.29) is 23.1 Å². The van der Waals surface area contributed by atoms with Crippen LogP contribution in [0.25, 0.3) is 11.0 Å². The summed E-state index contributed by atoms with van der Waals surface area (Å²) in [6, 6.07) is 10.4. The predicted octanol–water partition coefficient (Wildman–Crippen LogP) is 1.66. The van der Waals surface area contributed by atoms with Gasteiger partial charge >= 0.3 is 5.69 Å². The van der Waals surface area contributed by atoms with Crippen molar-refractivity contribution < 1.29 is 14.5 Å². The summed E-state index contributed by atoms with van der Waals surface area (Å²) in [7, 11) is 0. The summed E-state index contributed by atoms with van der Waals surface area (Å²) in [4.78, 5) is 38.4. The first-order valence-corrected chi connectivity index (χ1v) is 8.02. The Kier molecular flexibility index (Phi) is 5.13. The number of aromatic nitrogens is 2. The molecule has 1 aromatic heterocycles. The number of benzene rings is 2. The number of aromatic amines is 2. The Morgan fingerprint density at radius 3 is 2.56 bits per heavy atom. The van der Waals surface area contributed by atoms with Crippen LogP contribution in [0.15, 0.2) is 47.3 Å². The number of nitro benzene ring substituents is 1. The number of nitrogens with zero attached hydrogens (tertiary/aromatic N) is 1. The number of fused-ring (bicyclic) bond motifs is 1. The van der Waals surface area contributed by atoms with E-state index >= 15 is 0 Å². The van der Waals surface area contributed by atoms with Crippen LogP contribution in [0.1, 0.15) is 0 Å². The van der Waals surface area contributed by atoms with Crippen molar-refractivity contribution in [3.05, 3.63) is 63.1 Å². The highest BCUT2D eigenvalue weighted by molar-refractivity contribution is 7.80. The summed E-state index contributed by atoms with van der Waals surface area (Å²) in [5.41, 5.74) is 1.44. The molecule has 0 bridgehead atoms. The van der Waals surface area contributed by atoms with Crippen molar-refractivity contribution in [2.24, 2.45) is 0 Å². The fraction of sp³-hybridized carbons (Fsp3) is 0.0625. The van der Waals surface area contributed by atoms with Gasteiger partial charge in [0.25, 0.3) is 11.6 Å². The molecule has 0 unspecified atom stereocenters. The van der Waals surface area contributed by atoms with Gasteiger partial charge in [-0.3, -0.25) is 20.2 Å². The summed E-state index contributed by atoms with van der Waals surface area (Å²) in [6.07, 6.45) is 0. The number of nitro groups is 1. The Balaban J connectivity index is 1.51. The molecule has 3 rings (SSSR count). The van der Waals surface area contributed by atoms with Gasteiger partial charge in [-0.05, 0) is 42.5 Å². The van der Waals surface area contributed by atoms with Crippen LogP contribution >= 0.6 is 12.2 Å². The number of hydrogen-bond acceptors (Lipinski definition) is 6. The van der Waals surface area contributed by atoms with Crippen LogP contribution in [-0.2, 0) is 4.79 Å². The molecule has 0 saturated carbocycles. The second-order valence-corrected chi connectivity index (χ2v) is 5.79. The molecule has 4 N–H and O–H groups in total. The van der Waals surface area contributed by atoms with Gasteiger partial charge in [-0.2, -0.15) is 0 Å². The second kappa shape index (κ2) is 7.66. The molecule has 0 aliphatic rings. The van der Waals surface area contributed by atoms with Crippen molar-refractivity contribution in [1.29, 1.82) is 0 Å². The van der Waals surface area contributed by atoms with Gasteiger partial charge in [0.15, 0.2) is 11.7 Å². The van der Waals surface area contributed by atoms with E-state index in [0.29, 0.717) is 22.5 Å². The number of amides is 1. The number of carbonyl (C=O) groups excluding carboxylic acids is 1. The van der Waals surface area contributed by atoms with Crippen LogP contribution < -0.4 is 21.1 Å². The molecular formula is C16H13N5O5S. The molecule has 27 heavy (non-hydrogen) atoms. The molecule has 0 fully saturated rings. The topological polar surface area (TPSA) is 142 Å². The fourth-order valence-corrected chi connectivity index (χ4v) is 2.48. The molecule has 2 aromatic carbocycles. The summed E-state index contributed by atoms with van der Waals surface area (Å²) in [5, 5.41) is 15.9. The Hall–Kier alpha value is -3.73. The second-order valence-electron chi connectivity index (χ2n) is 5.38. The number of non-ortho nitro benzene ring substituents is 1. The standard InChI is InChI=1S/C16H13N5O5S/c22-14(8-26-11-4-2-10(3-5-11)21(24)25)20-16(27)17-9-1-6-12-13(7-9)19-15(23)18-12/h1-7H,8H2,(H2,18,19,23)(H2,17,20,22,27). The molecule has 1 heterocycles. The van der Waals surface area contributed by atoms with Gasteiger partial charge in [0.1, 0.15) is 5.75 Å². The third kappa shape index (κ3) is 4.67. The molecule has 0 aliphatic carbocycles. The molecule has 0 aliphatic heterocycles. The van der Waals surface area contributed by atoms with Gasteiger partial charge in [0.05, 0.1) is 16.0 Å². The average molecular weight is 387 g/mol. The first kappa shape index (κ1) is 18.1. The summed E-state index contributed by atoms with van der Waals surface area (Å²) in [5.74, 6) is -0.182. The molecule has 3 aromatic rings. The highest BCUT2D eigenvalue weighted by atomic mass is 32.1. The molecular weight excluding hydrogens is 374 g/mol. The molecule has 0 saturated heterocycles. The maximum atomic E-state index is 11.9. The van der Waals surface area contributed by atoms with E-state index in [4.69, 9.17) is 17.0 Å². The Labute approximate surface area is 156 Å². The first-order valence-electron chi connectivity index (χ1n) is 7.61. The SMILES string of the molecule is O=C(COc1ccc([N+](=O)[O-])cc1)NC(=S)Nc1ccc2[nH]c(=O)[nH]c2c1. The third-order valence-electron chi connectivity index (χ3n) is 3.44. The van der Waals surface area contributed by atoms with Gasteiger partial charge in [0.2, 0.25) is 0 Å². The van der Waals surface area contributed by atoms with Crippen molar-refractivity contribution in [1.82, 2.24) is 15.3 Å². The maximum Gasteiger partial charge on any atom is 0.323 e. The number of ether oxygens (including phenoxy) is 1. The van der Waals surface area contributed by atoms with E-state index in [1.165, 1.54) is 24.3 Å². The minimum Gasteiger partial charge on any atom is -0.484 e. The van der Waals surface area contributed by atoms with E-state index in [2.05, 4.69) is 20.6 Å². The lowest BCUT2D eigenvalue weighted by atomic mass is 10.3. The van der Waals surface area contributed by atoms with E-state index < -0.39 is 10.8 Å². The molecule has 0 atom stereocenters. The Morgan fingerprint density at radius 1 is 1.15 bits per heavy atom. The summed E-state index contributed by atoms with van der Waals surface area (Å²) >= 11 is 5.06. The number of nitrogens with one attached hydrogen (secondary N) is 4. The monoisotopic (exact) mass is 387 g/mol. The third-order valence-corrected chi connectivity index (χ3v) is 3.65. The zero-order valence-corrected chi connectivity index (χ0v) is 14.5. The lowest BCUT2D eigenvalue weighted by Gasteiger charge is -2.10. The maximum absolute atomic E-state index is 11.9. The molecule has 11 heteroatoms. The highest BCUT2D eigenvalue weighted by Gasteiger charge is 2.09. The molecule has 138 valence electrons. The molecule has 10 nitrogen and oxygen atoms in total. The highest BCUT2D eigenvalue weighted by Crippen LogP contribution is 2.17. The van der Waals surface area contributed by atoms with Crippen LogP contribution in [0, 0.1) is 10.1 Å². The van der Waals surface area contributed by atoms with Gasteiger partial charge in [-0.15, -0.1) is 0 Å². The average Bonchev–Trinajstić information content (AvgIpc) is 2.99. The van der Waals surface area contributed by atoms with Crippen LogP contribution in [0.4, 0.5) is 11.4 Å². The number of rotatable bonds is 5. The smallest absolute Gasteiger partial charge is 0.323 e. The first-order chi connectivity index (χ1) is 12.9. The minimum absolute atomic E-state index is 0.0598. The van der Waals surface area contributed by atoms with Crippen LogP contribution in [0.5, 0.6) is 5.75 Å². The van der Waals surface area contributed by atoms with Crippen LogP contribution in [0.2, 0.25) is 0 Å². The number of hydrogen-bond donors (Lipinski definition) is 4. The van der Waals surface area contributed by atoms with Crippen LogP contribution in [-0.4, -0.2) is 32.5 Å². The summed E-state index contributed by atoms with van der Waals surface area (Å²) in [6.45, 7) is -0.316. The van der Waals surface area contributed by atoms with Crippen molar-refractivity contribution in [3.8, 4) is 5.75 Å². The zero-order chi connectivity index (χ0) is 19.4. The number of carbonyl (C=O) groups is 1. The zero-order valence-electron chi connectivity index (χ0n) is 13.6. The van der Waals surface area contributed by atoms with Crippen LogP contribution in [0.3, 0.4) is 0 Å². The number of imidazole rings is 1. The normalized spacial score (nSPS) is 10.4. The summed E-state index contributed by atoms with van der Waals surface area (Å²) < 4.78 is 5.25. The Bertz CT molecular complexity index is 1070. The lowest BCUT2D eigenvalue weighted by molar-refractivity contribution is -0.384. The van der Waals surface area contributed by atoms with E-state index in [0.717, 1.165) is 0 Å². The van der Waals surface area contributed by atoms with Crippen molar-refractivity contribution >= 4 is 45.6 Å². The molecule has 0 radical (unpaired) electrons. The van der Waals surface area contributed by atoms with E-state index in [9.17, 15) is 19.7 Å². The van der Waals surface area contributed by atoms with Crippen molar-refractivity contribution in [3.63, 3.8) is 0 Å². The fourth-order valence-electron chi connectivity index (χ4n) is 2.25. The predicted molar refractivity (Wildman–Crippen MR) is 102 cm³/mol. The van der Waals surface area contributed by atoms with Gasteiger partial charge in [-0.1, -0.05) is 0 Å². The van der Waals surface area contributed by atoms with E-state index in [1.807, 2.05) is 0 Å². The number of H-pyrrole nitrogens is 2. The number of anilines is 1. The lowest BCUT2D eigenvalue weighted by Crippen LogP contribution is -2.37.